The molecule has 0 aromatic heterocycles. The van der Waals surface area contributed by atoms with Gasteiger partial charge in [-0.05, 0) is 91.0 Å². The van der Waals surface area contributed by atoms with Crippen LogP contribution in [0.25, 0.3) is 43.1 Å². The third-order valence-electron chi connectivity index (χ3n) is 6.55. The number of aryl methyl sites for hydroxylation is 4. The van der Waals surface area contributed by atoms with E-state index in [1.165, 1.54) is 47.2 Å². The molecule has 0 heteroatoms. The molecule has 0 saturated heterocycles. The van der Waals surface area contributed by atoms with Crippen molar-refractivity contribution in [3.05, 3.63) is 70.8 Å². The molecule has 0 nitrogen and oxygen atoms in total. The van der Waals surface area contributed by atoms with Crippen LogP contribution in [0.3, 0.4) is 0 Å². The fourth-order valence-electron chi connectivity index (χ4n) is 5.52. The Morgan fingerprint density at radius 1 is 0.333 bits per heavy atom. The smallest absolute Gasteiger partial charge is 0.00206 e. The third-order valence-corrected chi connectivity index (χ3v) is 6.55. The third kappa shape index (κ3) is 1.16. The van der Waals surface area contributed by atoms with E-state index in [2.05, 4.69) is 48.5 Å². The molecule has 0 unspecified atom stereocenters. The Balaban J connectivity index is 2.03. The molecular weight excluding hydrogens is 288 g/mol. The van der Waals surface area contributed by atoms with Crippen molar-refractivity contribution in [2.75, 3.05) is 0 Å². The van der Waals surface area contributed by atoms with Crippen molar-refractivity contribution in [3.8, 4) is 0 Å². The molecule has 0 amide bonds. The van der Waals surface area contributed by atoms with Gasteiger partial charge in [-0.2, -0.15) is 0 Å². The highest BCUT2D eigenvalue weighted by Gasteiger charge is 2.25. The normalized spacial score (nSPS) is 15.7. The monoisotopic (exact) mass is 304 g/mol. The number of hydrogen-bond acceptors (Lipinski definition) is 0. The van der Waals surface area contributed by atoms with Crippen LogP contribution in [0.4, 0.5) is 0 Å². The number of rotatable bonds is 0. The first-order valence-corrected chi connectivity index (χ1v) is 9.06. The van der Waals surface area contributed by atoms with Crippen molar-refractivity contribution in [1.29, 1.82) is 0 Å². The van der Waals surface area contributed by atoms with E-state index in [-0.39, 0.29) is 0 Å². The first kappa shape index (κ1) is 11.9. The van der Waals surface area contributed by atoms with Crippen LogP contribution in [0, 0.1) is 0 Å². The van der Waals surface area contributed by atoms with E-state index in [9.17, 15) is 0 Å². The zero-order valence-electron chi connectivity index (χ0n) is 13.4. The summed E-state index contributed by atoms with van der Waals surface area (Å²) < 4.78 is 0. The molecule has 2 aliphatic carbocycles. The minimum absolute atomic E-state index is 1.18. The van der Waals surface area contributed by atoms with Crippen LogP contribution in [-0.4, -0.2) is 0 Å². The van der Waals surface area contributed by atoms with Crippen molar-refractivity contribution in [2.24, 2.45) is 0 Å². The lowest BCUT2D eigenvalue weighted by molar-refractivity contribution is 0.962. The lowest BCUT2D eigenvalue weighted by Gasteiger charge is -2.27. The summed E-state index contributed by atoms with van der Waals surface area (Å²) >= 11 is 0. The molecule has 0 N–H and O–H groups in total. The van der Waals surface area contributed by atoms with Gasteiger partial charge in [-0.3, -0.25) is 0 Å². The van der Waals surface area contributed by atoms with Gasteiger partial charge in [0.05, 0.1) is 0 Å². The molecule has 5 aromatic rings. The van der Waals surface area contributed by atoms with Crippen LogP contribution in [0.15, 0.2) is 48.5 Å². The maximum absolute atomic E-state index is 2.38. The molecule has 0 heterocycles. The summed E-state index contributed by atoms with van der Waals surface area (Å²) in [4.78, 5) is 0. The Kier molecular flexibility index (Phi) is 1.84. The summed E-state index contributed by atoms with van der Waals surface area (Å²) in [6, 6.07) is 18.9. The summed E-state index contributed by atoms with van der Waals surface area (Å²) in [5.41, 5.74) is 6.21. The average molecular weight is 304 g/mol. The predicted molar refractivity (Wildman–Crippen MR) is 102 cm³/mol. The standard InChI is InChI=1S/C24H16/c1-2-14-5-6-16-9-11-18-12-10-17-8-7-15-4-3-13(1)19-20(14)22(16)24(18)23(17)21(15)19/h1-4,9-12H,5-8H2. The largest absolute Gasteiger partial charge is 0.0578 e. The lowest BCUT2D eigenvalue weighted by Crippen LogP contribution is -2.07. The van der Waals surface area contributed by atoms with Gasteiger partial charge in [0, 0.05) is 0 Å². The van der Waals surface area contributed by atoms with Gasteiger partial charge in [-0.1, -0.05) is 48.5 Å². The van der Waals surface area contributed by atoms with Crippen LogP contribution in [-0.2, 0) is 25.7 Å². The Morgan fingerprint density at radius 2 is 0.625 bits per heavy atom. The molecule has 0 radical (unpaired) electrons. The van der Waals surface area contributed by atoms with Crippen molar-refractivity contribution in [2.45, 2.75) is 25.7 Å². The molecule has 0 aliphatic heterocycles. The van der Waals surface area contributed by atoms with Gasteiger partial charge < -0.3 is 0 Å². The summed E-state index contributed by atoms with van der Waals surface area (Å²) in [5.74, 6) is 0. The van der Waals surface area contributed by atoms with E-state index < -0.39 is 0 Å². The van der Waals surface area contributed by atoms with Gasteiger partial charge in [0.2, 0.25) is 0 Å². The lowest BCUT2D eigenvalue weighted by atomic mass is 9.76. The molecule has 112 valence electrons. The quantitative estimate of drug-likeness (QED) is 0.245. The summed E-state index contributed by atoms with van der Waals surface area (Å²) in [5, 5.41) is 12.1. The Morgan fingerprint density at radius 3 is 0.917 bits per heavy atom. The topological polar surface area (TPSA) is 0 Å². The van der Waals surface area contributed by atoms with Gasteiger partial charge in [-0.15, -0.1) is 0 Å². The summed E-state index contributed by atoms with van der Waals surface area (Å²) in [6.45, 7) is 0. The Labute approximate surface area is 140 Å². The number of benzene rings is 5. The molecule has 0 atom stereocenters. The Bertz CT molecular complexity index is 1140. The Hall–Kier alpha value is -2.60. The molecule has 7 rings (SSSR count). The maximum Gasteiger partial charge on any atom is -0.00206 e. The number of hydrogen-bond donors (Lipinski definition) is 0. The molecule has 5 aromatic carbocycles. The second-order valence-electron chi connectivity index (χ2n) is 7.59. The minimum atomic E-state index is 1.18. The minimum Gasteiger partial charge on any atom is -0.0578 e. The van der Waals surface area contributed by atoms with Crippen LogP contribution in [0.2, 0.25) is 0 Å². The van der Waals surface area contributed by atoms with Gasteiger partial charge in [0.25, 0.3) is 0 Å². The van der Waals surface area contributed by atoms with E-state index in [1.54, 1.807) is 43.8 Å². The second kappa shape index (κ2) is 3.72. The van der Waals surface area contributed by atoms with E-state index >= 15 is 0 Å². The van der Waals surface area contributed by atoms with Crippen molar-refractivity contribution in [1.82, 2.24) is 0 Å². The van der Waals surface area contributed by atoms with Crippen molar-refractivity contribution in [3.63, 3.8) is 0 Å². The fraction of sp³-hybridized carbons (Fsp3) is 0.167. The second-order valence-corrected chi connectivity index (χ2v) is 7.59. The SMILES string of the molecule is c1cc2ccc3c4c5c(ccc6ccc7c(c(c1CC7)c24)c65)CC3. The molecule has 2 aliphatic rings. The molecule has 0 saturated carbocycles. The van der Waals surface area contributed by atoms with E-state index in [0.29, 0.717) is 0 Å². The van der Waals surface area contributed by atoms with E-state index in [4.69, 9.17) is 0 Å². The van der Waals surface area contributed by atoms with Gasteiger partial charge in [0.1, 0.15) is 0 Å². The summed E-state index contributed by atoms with van der Waals surface area (Å²) in [6.07, 6.45) is 4.73. The van der Waals surface area contributed by atoms with Gasteiger partial charge in [-0.25, -0.2) is 0 Å². The zero-order valence-corrected chi connectivity index (χ0v) is 13.4. The molecule has 24 heavy (non-hydrogen) atoms. The van der Waals surface area contributed by atoms with Crippen molar-refractivity contribution < 1.29 is 0 Å². The zero-order chi connectivity index (χ0) is 15.4. The first-order chi connectivity index (χ1) is 11.9. The van der Waals surface area contributed by atoms with Crippen LogP contribution >= 0.6 is 0 Å². The van der Waals surface area contributed by atoms with Crippen LogP contribution in [0.5, 0.6) is 0 Å². The average Bonchev–Trinajstić information content (AvgIpc) is 2.65. The van der Waals surface area contributed by atoms with E-state index in [1.807, 2.05) is 0 Å². The van der Waals surface area contributed by atoms with Crippen molar-refractivity contribution >= 4 is 43.1 Å². The van der Waals surface area contributed by atoms with Gasteiger partial charge in [0.15, 0.2) is 0 Å². The highest BCUT2D eigenvalue weighted by molar-refractivity contribution is 6.36. The highest BCUT2D eigenvalue weighted by Crippen LogP contribution is 2.48. The molecule has 0 spiro atoms. The molecule has 0 bridgehead atoms. The fourth-order valence-corrected chi connectivity index (χ4v) is 5.52. The first-order valence-electron chi connectivity index (χ1n) is 9.06. The molecule has 0 fully saturated rings. The van der Waals surface area contributed by atoms with Crippen LogP contribution in [0.1, 0.15) is 22.3 Å². The maximum atomic E-state index is 2.38. The predicted octanol–water partition coefficient (Wildman–Crippen LogP) is 5.93. The highest BCUT2D eigenvalue weighted by atomic mass is 14.3. The summed E-state index contributed by atoms with van der Waals surface area (Å²) in [7, 11) is 0. The van der Waals surface area contributed by atoms with E-state index in [0.717, 1.165) is 0 Å². The van der Waals surface area contributed by atoms with Crippen LogP contribution < -0.4 is 0 Å². The van der Waals surface area contributed by atoms with Gasteiger partial charge >= 0.3 is 0 Å². The molecular formula is C24H16.